The van der Waals surface area contributed by atoms with Crippen molar-refractivity contribution in [2.75, 3.05) is 13.1 Å². The number of hydrogen-bond acceptors (Lipinski definition) is 1. The van der Waals surface area contributed by atoms with Crippen molar-refractivity contribution < 1.29 is 13.2 Å². The Hall–Kier alpha value is -1.03. The number of piperidine rings is 1. The maximum absolute atomic E-state index is 12.6. The van der Waals surface area contributed by atoms with Gasteiger partial charge in [0.15, 0.2) is 0 Å². The fraction of sp³-hybridized carbons (Fsp3) is 0.571. The highest BCUT2D eigenvalue weighted by Crippen LogP contribution is 2.34. The molecule has 2 rings (SSSR count). The highest BCUT2D eigenvalue weighted by molar-refractivity contribution is 5.35. The van der Waals surface area contributed by atoms with E-state index in [0.717, 1.165) is 30.6 Å². The van der Waals surface area contributed by atoms with Gasteiger partial charge in [0.2, 0.25) is 0 Å². The fourth-order valence-electron chi connectivity index (χ4n) is 2.70. The highest BCUT2D eigenvalue weighted by atomic mass is 19.4. The minimum atomic E-state index is -4.25. The van der Waals surface area contributed by atoms with Crippen molar-refractivity contribution in [1.29, 1.82) is 0 Å². The molecule has 2 unspecified atom stereocenters. The Morgan fingerprint density at radius 2 is 1.94 bits per heavy atom. The third-order valence-electron chi connectivity index (χ3n) is 3.61. The minimum Gasteiger partial charge on any atom is -0.316 e. The Kier molecular flexibility index (Phi) is 3.66. The molecule has 1 aromatic rings. The van der Waals surface area contributed by atoms with Crippen LogP contribution in [-0.2, 0) is 6.18 Å². The molecule has 0 aromatic heterocycles. The average Bonchev–Trinajstić information content (AvgIpc) is 2.27. The smallest absolute Gasteiger partial charge is 0.316 e. The molecule has 0 radical (unpaired) electrons. The Morgan fingerprint density at radius 3 is 2.50 bits per heavy atom. The molecule has 1 aliphatic heterocycles. The van der Waals surface area contributed by atoms with Gasteiger partial charge >= 0.3 is 6.18 Å². The SMILES string of the molecule is Cc1cc(C(F)(F)F)ccc1C1CNCC(C)C1. The lowest BCUT2D eigenvalue weighted by molar-refractivity contribution is -0.137. The van der Waals surface area contributed by atoms with Crippen molar-refractivity contribution in [2.24, 2.45) is 5.92 Å². The maximum atomic E-state index is 12.6. The van der Waals surface area contributed by atoms with Gasteiger partial charge in [-0.2, -0.15) is 13.2 Å². The van der Waals surface area contributed by atoms with Gasteiger partial charge in [-0.15, -0.1) is 0 Å². The molecule has 2 atom stereocenters. The van der Waals surface area contributed by atoms with Crippen LogP contribution in [0.5, 0.6) is 0 Å². The average molecular weight is 257 g/mol. The number of benzene rings is 1. The molecule has 1 heterocycles. The Bertz CT molecular complexity index is 426. The van der Waals surface area contributed by atoms with Gasteiger partial charge < -0.3 is 5.32 Å². The van der Waals surface area contributed by atoms with Gasteiger partial charge in [-0.05, 0) is 55.0 Å². The van der Waals surface area contributed by atoms with Crippen LogP contribution in [0, 0.1) is 12.8 Å². The summed E-state index contributed by atoms with van der Waals surface area (Å²) in [7, 11) is 0. The van der Waals surface area contributed by atoms with Gasteiger partial charge in [0.25, 0.3) is 0 Å². The van der Waals surface area contributed by atoms with Crippen LogP contribution >= 0.6 is 0 Å². The number of hydrogen-bond donors (Lipinski definition) is 1. The lowest BCUT2D eigenvalue weighted by Crippen LogP contribution is -2.34. The Balaban J connectivity index is 2.24. The van der Waals surface area contributed by atoms with E-state index in [9.17, 15) is 13.2 Å². The summed E-state index contributed by atoms with van der Waals surface area (Å²) in [5.74, 6) is 0.904. The van der Waals surface area contributed by atoms with Crippen LogP contribution < -0.4 is 5.32 Å². The van der Waals surface area contributed by atoms with Crippen LogP contribution in [0.25, 0.3) is 0 Å². The molecule has 1 nitrogen and oxygen atoms in total. The fourth-order valence-corrected chi connectivity index (χ4v) is 2.70. The van der Waals surface area contributed by atoms with E-state index in [-0.39, 0.29) is 0 Å². The van der Waals surface area contributed by atoms with Crippen LogP contribution in [0.4, 0.5) is 13.2 Å². The largest absolute Gasteiger partial charge is 0.416 e. The van der Waals surface area contributed by atoms with Gasteiger partial charge in [-0.1, -0.05) is 13.0 Å². The lowest BCUT2D eigenvalue weighted by Gasteiger charge is -2.29. The summed E-state index contributed by atoms with van der Waals surface area (Å²) in [6.45, 7) is 5.79. The summed E-state index contributed by atoms with van der Waals surface area (Å²) in [6, 6.07) is 4.10. The first-order valence-corrected chi connectivity index (χ1v) is 6.26. The maximum Gasteiger partial charge on any atom is 0.416 e. The zero-order valence-electron chi connectivity index (χ0n) is 10.6. The molecule has 1 fully saturated rings. The van der Waals surface area contributed by atoms with E-state index in [1.54, 1.807) is 13.0 Å². The molecule has 1 aliphatic rings. The van der Waals surface area contributed by atoms with E-state index in [0.29, 0.717) is 11.8 Å². The zero-order chi connectivity index (χ0) is 13.3. The third kappa shape index (κ3) is 2.86. The number of rotatable bonds is 1. The van der Waals surface area contributed by atoms with Crippen molar-refractivity contribution in [3.8, 4) is 0 Å². The van der Waals surface area contributed by atoms with Crippen molar-refractivity contribution in [3.05, 3.63) is 34.9 Å². The predicted octanol–water partition coefficient (Wildman–Crippen LogP) is 3.73. The second kappa shape index (κ2) is 4.92. The van der Waals surface area contributed by atoms with Crippen LogP contribution in [0.3, 0.4) is 0 Å². The molecule has 100 valence electrons. The standard InChI is InChI=1S/C14H18F3N/c1-9-5-11(8-18-7-9)13-4-3-12(6-10(13)2)14(15,16)17/h3-4,6,9,11,18H,5,7-8H2,1-2H3. The van der Waals surface area contributed by atoms with Gasteiger partial charge in [-0.3, -0.25) is 0 Å². The monoisotopic (exact) mass is 257 g/mol. The van der Waals surface area contributed by atoms with Crippen molar-refractivity contribution in [2.45, 2.75) is 32.4 Å². The molecule has 0 spiro atoms. The van der Waals surface area contributed by atoms with Crippen LogP contribution in [0.2, 0.25) is 0 Å². The summed E-state index contributed by atoms with van der Waals surface area (Å²) >= 11 is 0. The summed E-state index contributed by atoms with van der Waals surface area (Å²) in [5, 5.41) is 3.33. The minimum absolute atomic E-state index is 0.330. The van der Waals surface area contributed by atoms with Crippen LogP contribution in [0.1, 0.15) is 36.0 Å². The molecule has 1 N–H and O–H groups in total. The Morgan fingerprint density at radius 1 is 1.22 bits per heavy atom. The quantitative estimate of drug-likeness (QED) is 0.808. The molecular weight excluding hydrogens is 239 g/mol. The molecule has 0 bridgehead atoms. The van der Waals surface area contributed by atoms with E-state index < -0.39 is 11.7 Å². The topological polar surface area (TPSA) is 12.0 Å². The molecule has 0 saturated carbocycles. The van der Waals surface area contributed by atoms with E-state index in [1.165, 1.54) is 12.1 Å². The van der Waals surface area contributed by atoms with Crippen molar-refractivity contribution >= 4 is 0 Å². The van der Waals surface area contributed by atoms with E-state index in [1.807, 2.05) is 0 Å². The molecule has 0 aliphatic carbocycles. The molecule has 1 saturated heterocycles. The van der Waals surface area contributed by atoms with Crippen LogP contribution in [-0.4, -0.2) is 13.1 Å². The van der Waals surface area contributed by atoms with E-state index in [4.69, 9.17) is 0 Å². The van der Waals surface area contributed by atoms with Crippen LogP contribution in [0.15, 0.2) is 18.2 Å². The van der Waals surface area contributed by atoms with Crippen molar-refractivity contribution in [3.63, 3.8) is 0 Å². The molecule has 1 aromatic carbocycles. The van der Waals surface area contributed by atoms with Gasteiger partial charge in [0, 0.05) is 6.54 Å². The third-order valence-corrected chi connectivity index (χ3v) is 3.61. The van der Waals surface area contributed by atoms with E-state index >= 15 is 0 Å². The summed E-state index contributed by atoms with van der Waals surface area (Å²) in [5.41, 5.74) is 1.23. The normalized spacial score (nSPS) is 25.2. The first-order valence-electron chi connectivity index (χ1n) is 6.26. The second-order valence-electron chi connectivity index (χ2n) is 5.27. The number of alkyl halides is 3. The zero-order valence-corrected chi connectivity index (χ0v) is 10.6. The van der Waals surface area contributed by atoms with Crippen molar-refractivity contribution in [1.82, 2.24) is 5.32 Å². The molecule has 18 heavy (non-hydrogen) atoms. The molecule has 0 amide bonds. The number of nitrogens with one attached hydrogen (secondary N) is 1. The second-order valence-corrected chi connectivity index (χ2v) is 5.27. The van der Waals surface area contributed by atoms with Gasteiger partial charge in [-0.25, -0.2) is 0 Å². The highest BCUT2D eigenvalue weighted by Gasteiger charge is 2.31. The Labute approximate surface area is 105 Å². The molecule has 4 heteroatoms. The summed E-state index contributed by atoms with van der Waals surface area (Å²) < 4.78 is 37.8. The summed E-state index contributed by atoms with van der Waals surface area (Å²) in [6.07, 6.45) is -3.21. The van der Waals surface area contributed by atoms with E-state index in [2.05, 4.69) is 12.2 Å². The first kappa shape index (κ1) is 13.4. The van der Waals surface area contributed by atoms with Gasteiger partial charge in [0.05, 0.1) is 5.56 Å². The number of halogens is 3. The van der Waals surface area contributed by atoms with Gasteiger partial charge in [0.1, 0.15) is 0 Å². The first-order chi connectivity index (χ1) is 8.38. The predicted molar refractivity (Wildman–Crippen MR) is 65.6 cm³/mol. The summed E-state index contributed by atoms with van der Waals surface area (Å²) in [4.78, 5) is 0. The lowest BCUT2D eigenvalue weighted by atomic mass is 9.84. The molecular formula is C14H18F3N. The number of aryl methyl sites for hydroxylation is 1.